The predicted octanol–water partition coefficient (Wildman–Crippen LogP) is 5.04. The van der Waals surface area contributed by atoms with E-state index < -0.39 is 16.0 Å². The number of nitrogens with zero attached hydrogens (tertiary/aromatic N) is 3. The molecule has 2 N–H and O–H groups in total. The van der Waals surface area contributed by atoms with E-state index in [1.807, 2.05) is 19.9 Å². The van der Waals surface area contributed by atoms with Crippen molar-refractivity contribution in [1.82, 2.24) is 19.0 Å². The van der Waals surface area contributed by atoms with E-state index >= 15 is 0 Å². The molecule has 0 atom stereocenters. The highest BCUT2D eigenvalue weighted by atomic mass is 35.5. The Labute approximate surface area is 221 Å². The van der Waals surface area contributed by atoms with E-state index in [0.29, 0.717) is 72.7 Å². The van der Waals surface area contributed by atoms with Crippen LogP contribution in [-0.2, 0) is 10.2 Å². The van der Waals surface area contributed by atoms with Crippen LogP contribution in [-0.4, -0.2) is 55.0 Å². The molecule has 0 spiro atoms. The summed E-state index contributed by atoms with van der Waals surface area (Å²) in [4.78, 5) is 8.69. The predicted molar refractivity (Wildman–Crippen MR) is 142 cm³/mol. The van der Waals surface area contributed by atoms with Crippen LogP contribution >= 0.6 is 11.6 Å². The second-order valence-corrected chi connectivity index (χ2v) is 10.9. The average Bonchev–Trinajstić information content (AvgIpc) is 2.87. The molecule has 12 heteroatoms. The lowest BCUT2D eigenvalue weighted by Crippen LogP contribution is -2.47. The molecule has 0 aliphatic heterocycles. The van der Waals surface area contributed by atoms with E-state index in [0.717, 1.165) is 0 Å². The molecule has 0 unspecified atom stereocenters. The molecule has 0 bridgehead atoms. The molecular weight excluding hydrogens is 521 g/mol. The zero-order valence-electron chi connectivity index (χ0n) is 21.0. The second-order valence-electron chi connectivity index (χ2n) is 8.80. The molecule has 1 aliphatic rings. The van der Waals surface area contributed by atoms with Crippen LogP contribution in [0, 0.1) is 5.82 Å². The van der Waals surface area contributed by atoms with Crippen LogP contribution < -0.4 is 19.5 Å². The van der Waals surface area contributed by atoms with E-state index in [2.05, 4.69) is 20.0 Å². The Morgan fingerprint density at radius 2 is 1.81 bits per heavy atom. The van der Waals surface area contributed by atoms with Crippen LogP contribution in [0.4, 0.5) is 15.9 Å². The highest BCUT2D eigenvalue weighted by molar-refractivity contribution is 7.87. The van der Waals surface area contributed by atoms with Gasteiger partial charge in [0.05, 0.1) is 23.8 Å². The number of hydrogen-bond acceptors (Lipinski definition) is 7. The van der Waals surface area contributed by atoms with Gasteiger partial charge < -0.3 is 14.8 Å². The number of hydrogen-bond donors (Lipinski definition) is 2. The third-order valence-electron chi connectivity index (χ3n) is 6.43. The number of rotatable bonds is 10. The Morgan fingerprint density at radius 1 is 1.08 bits per heavy atom. The summed E-state index contributed by atoms with van der Waals surface area (Å²) >= 11 is 5.92. The fourth-order valence-electron chi connectivity index (χ4n) is 4.45. The van der Waals surface area contributed by atoms with Crippen molar-refractivity contribution in [2.75, 3.05) is 25.5 Å². The first-order chi connectivity index (χ1) is 17.7. The van der Waals surface area contributed by atoms with Crippen LogP contribution in [0.25, 0.3) is 10.9 Å². The minimum Gasteiger partial charge on any atom is -0.493 e. The number of aromatic nitrogens is 2. The van der Waals surface area contributed by atoms with Gasteiger partial charge in [0.25, 0.3) is 10.2 Å². The van der Waals surface area contributed by atoms with Gasteiger partial charge in [-0.25, -0.2) is 14.4 Å². The van der Waals surface area contributed by atoms with Crippen LogP contribution in [0.3, 0.4) is 0 Å². The zero-order chi connectivity index (χ0) is 26.6. The number of benzene rings is 2. The Bertz CT molecular complexity index is 1350. The molecule has 1 heterocycles. The molecule has 0 saturated heterocycles. The first kappa shape index (κ1) is 27.3. The maximum absolute atomic E-state index is 13.6. The Hall–Kier alpha value is -2.73. The number of ether oxygens (including phenoxy) is 2. The van der Waals surface area contributed by atoms with Crippen LogP contribution in [0.5, 0.6) is 11.5 Å². The molecule has 1 aliphatic carbocycles. The summed E-state index contributed by atoms with van der Waals surface area (Å²) < 4.78 is 54.8. The van der Waals surface area contributed by atoms with Gasteiger partial charge in [-0.05, 0) is 49.9 Å². The molecule has 1 fully saturated rings. The maximum Gasteiger partial charge on any atom is 0.279 e. The van der Waals surface area contributed by atoms with Crippen molar-refractivity contribution >= 4 is 44.2 Å². The van der Waals surface area contributed by atoms with Crippen molar-refractivity contribution in [1.29, 1.82) is 0 Å². The molecule has 0 amide bonds. The SMILES string of the molecule is CCN(CC)S(=O)(=O)NC1CCC(Oc2cc3c(Nc4ccc(F)c(Cl)c4)ncnc3cc2OC)CC1. The largest absolute Gasteiger partial charge is 0.493 e. The van der Waals surface area contributed by atoms with Gasteiger partial charge in [-0.15, -0.1) is 0 Å². The van der Waals surface area contributed by atoms with E-state index in [-0.39, 0.29) is 17.2 Å². The highest BCUT2D eigenvalue weighted by Crippen LogP contribution is 2.37. The molecule has 0 radical (unpaired) electrons. The minimum atomic E-state index is -3.50. The third kappa shape index (κ3) is 6.40. The molecule has 3 aromatic rings. The summed E-state index contributed by atoms with van der Waals surface area (Å²) in [6, 6.07) is 7.80. The van der Waals surface area contributed by atoms with Gasteiger partial charge in [0.15, 0.2) is 11.5 Å². The van der Waals surface area contributed by atoms with Crippen molar-refractivity contribution in [3.8, 4) is 11.5 Å². The van der Waals surface area contributed by atoms with Gasteiger partial charge in [-0.3, -0.25) is 0 Å². The second kappa shape index (κ2) is 11.8. The lowest BCUT2D eigenvalue weighted by atomic mass is 9.93. The van der Waals surface area contributed by atoms with Crippen molar-refractivity contribution in [2.24, 2.45) is 0 Å². The topological polar surface area (TPSA) is 106 Å². The number of methoxy groups -OCH3 is 1. The Balaban J connectivity index is 1.50. The molecule has 1 aromatic heterocycles. The Morgan fingerprint density at radius 3 is 2.46 bits per heavy atom. The summed E-state index contributed by atoms with van der Waals surface area (Å²) in [5, 5.41) is 3.86. The first-order valence-corrected chi connectivity index (χ1v) is 14.0. The minimum absolute atomic E-state index is 0.00374. The molecule has 200 valence electrons. The van der Waals surface area contributed by atoms with Crippen LogP contribution in [0.1, 0.15) is 39.5 Å². The van der Waals surface area contributed by atoms with Gasteiger partial charge in [0, 0.05) is 36.3 Å². The summed E-state index contributed by atoms with van der Waals surface area (Å²) in [6.07, 6.45) is 4.05. The van der Waals surface area contributed by atoms with Crippen molar-refractivity contribution in [2.45, 2.75) is 51.7 Å². The number of nitrogens with one attached hydrogen (secondary N) is 2. The third-order valence-corrected chi connectivity index (χ3v) is 8.55. The number of fused-ring (bicyclic) bond motifs is 1. The van der Waals surface area contributed by atoms with Gasteiger partial charge in [0.2, 0.25) is 0 Å². The van der Waals surface area contributed by atoms with Crippen molar-refractivity contribution in [3.63, 3.8) is 0 Å². The summed E-state index contributed by atoms with van der Waals surface area (Å²) in [6.45, 7) is 4.51. The lowest BCUT2D eigenvalue weighted by Gasteiger charge is -2.31. The van der Waals surface area contributed by atoms with E-state index in [4.69, 9.17) is 21.1 Å². The number of halogens is 2. The molecule has 37 heavy (non-hydrogen) atoms. The van der Waals surface area contributed by atoms with Crippen LogP contribution in [0.15, 0.2) is 36.7 Å². The first-order valence-electron chi connectivity index (χ1n) is 12.2. The van der Waals surface area contributed by atoms with Crippen molar-refractivity contribution < 1.29 is 22.3 Å². The van der Waals surface area contributed by atoms with Crippen LogP contribution in [0.2, 0.25) is 5.02 Å². The van der Waals surface area contributed by atoms with Gasteiger partial charge in [-0.1, -0.05) is 25.4 Å². The normalized spacial score (nSPS) is 18.2. The fraction of sp³-hybridized carbons (Fsp3) is 0.440. The van der Waals surface area contributed by atoms with Gasteiger partial charge >= 0.3 is 0 Å². The lowest BCUT2D eigenvalue weighted by molar-refractivity contribution is 0.139. The number of anilines is 2. The highest BCUT2D eigenvalue weighted by Gasteiger charge is 2.28. The van der Waals surface area contributed by atoms with Gasteiger partial charge in [-0.2, -0.15) is 17.4 Å². The summed E-state index contributed by atoms with van der Waals surface area (Å²) in [7, 11) is -1.93. The molecule has 4 rings (SSSR count). The Kier molecular flexibility index (Phi) is 8.68. The molecular formula is C25H31ClFN5O4S. The van der Waals surface area contributed by atoms with E-state index in [9.17, 15) is 12.8 Å². The van der Waals surface area contributed by atoms with E-state index in [1.54, 1.807) is 19.2 Å². The average molecular weight is 552 g/mol. The van der Waals surface area contributed by atoms with E-state index in [1.165, 1.54) is 22.8 Å². The zero-order valence-corrected chi connectivity index (χ0v) is 22.6. The summed E-state index contributed by atoms with van der Waals surface area (Å²) in [5.41, 5.74) is 1.22. The standard InChI is InChI=1S/C25H31ClFN5O4S/c1-4-32(5-2)37(33,34)31-16-6-9-18(10-7-16)36-24-13-19-22(14-23(24)35-3)28-15-29-25(19)30-17-8-11-21(27)20(26)12-17/h8,11-16,18,31H,4-7,9-10H2,1-3H3,(H,28,29,30). The maximum atomic E-state index is 13.6. The smallest absolute Gasteiger partial charge is 0.279 e. The van der Waals surface area contributed by atoms with Gasteiger partial charge in [0.1, 0.15) is 18.0 Å². The molecule has 1 saturated carbocycles. The quantitative estimate of drug-likeness (QED) is 0.363. The molecule has 9 nitrogen and oxygen atoms in total. The van der Waals surface area contributed by atoms with Crippen molar-refractivity contribution in [3.05, 3.63) is 47.5 Å². The molecule has 2 aromatic carbocycles. The summed E-state index contributed by atoms with van der Waals surface area (Å²) in [5.74, 6) is 1.08. The monoisotopic (exact) mass is 551 g/mol. The fourth-order valence-corrected chi connectivity index (χ4v) is 6.12.